The molecule has 2 atom stereocenters. The first-order valence-corrected chi connectivity index (χ1v) is 14.2. The molecule has 40 heavy (non-hydrogen) atoms. The summed E-state index contributed by atoms with van der Waals surface area (Å²) in [5.41, 5.74) is 0.607. The van der Waals surface area contributed by atoms with E-state index in [1.54, 1.807) is 45.0 Å². The third-order valence-corrected chi connectivity index (χ3v) is 6.30. The number of hydrogen-bond acceptors (Lipinski definition) is 6. The van der Waals surface area contributed by atoms with Crippen molar-refractivity contribution in [2.24, 2.45) is 5.92 Å². The van der Waals surface area contributed by atoms with E-state index in [1.807, 2.05) is 19.9 Å². The van der Waals surface area contributed by atoms with Gasteiger partial charge >= 0.3 is 12.1 Å². The molecule has 0 saturated heterocycles. The van der Waals surface area contributed by atoms with Crippen LogP contribution in [0.3, 0.4) is 0 Å². The summed E-state index contributed by atoms with van der Waals surface area (Å²) >= 11 is 0. The van der Waals surface area contributed by atoms with Crippen LogP contribution >= 0.6 is 0 Å². The van der Waals surface area contributed by atoms with E-state index in [4.69, 9.17) is 4.74 Å². The molecule has 0 aliphatic rings. The molecule has 1 aromatic carbocycles. The first kappa shape index (κ1) is 34.7. The average Bonchev–Trinajstić information content (AvgIpc) is 2.89. The number of nitrogens with zero attached hydrogens (tertiary/aromatic N) is 1. The molecule has 9 nitrogen and oxygen atoms in total. The fourth-order valence-electron chi connectivity index (χ4n) is 4.21. The van der Waals surface area contributed by atoms with E-state index in [9.17, 15) is 19.2 Å². The van der Waals surface area contributed by atoms with E-state index in [-0.39, 0.29) is 12.5 Å². The maximum absolute atomic E-state index is 14.2. The average molecular weight is 560 g/mol. The molecule has 3 amide bonds. The molecule has 2 N–H and O–H groups in total. The van der Waals surface area contributed by atoms with Crippen LogP contribution in [0.2, 0.25) is 0 Å². The summed E-state index contributed by atoms with van der Waals surface area (Å²) in [4.78, 5) is 53.8. The van der Waals surface area contributed by atoms with E-state index in [2.05, 4.69) is 28.9 Å². The van der Waals surface area contributed by atoms with Gasteiger partial charge < -0.3 is 25.0 Å². The molecule has 0 spiro atoms. The van der Waals surface area contributed by atoms with E-state index >= 15 is 0 Å². The van der Waals surface area contributed by atoms with Crippen molar-refractivity contribution in [3.05, 3.63) is 42.0 Å². The van der Waals surface area contributed by atoms with Gasteiger partial charge in [0.25, 0.3) is 0 Å². The minimum absolute atomic E-state index is 0.287. The molecule has 1 rings (SSSR count). The second-order valence-electron chi connectivity index (χ2n) is 11.2. The van der Waals surface area contributed by atoms with Gasteiger partial charge in [-0.1, -0.05) is 83.7 Å². The number of carbonyl (C=O) groups is 4. The van der Waals surface area contributed by atoms with Gasteiger partial charge in [-0.25, -0.2) is 4.79 Å². The molecule has 0 aromatic heterocycles. The third kappa shape index (κ3) is 12.2. The number of ether oxygens (including phenoxy) is 2. The number of carbonyl (C=O) groups excluding carboxylic acids is 4. The van der Waals surface area contributed by atoms with Gasteiger partial charge in [-0.2, -0.15) is 0 Å². The van der Waals surface area contributed by atoms with Crippen molar-refractivity contribution in [1.29, 1.82) is 0 Å². The molecule has 224 valence electrons. The summed E-state index contributed by atoms with van der Waals surface area (Å²) in [6.07, 6.45) is 6.90. The van der Waals surface area contributed by atoms with E-state index in [0.29, 0.717) is 18.5 Å². The van der Waals surface area contributed by atoms with Gasteiger partial charge in [0.15, 0.2) is 0 Å². The second kappa shape index (κ2) is 17.4. The van der Waals surface area contributed by atoms with Crippen LogP contribution in [0.5, 0.6) is 0 Å². The summed E-state index contributed by atoms with van der Waals surface area (Å²) in [6, 6.07) is 5.22. The highest BCUT2D eigenvalue weighted by Crippen LogP contribution is 2.26. The van der Waals surface area contributed by atoms with E-state index < -0.39 is 41.6 Å². The van der Waals surface area contributed by atoms with Crippen LogP contribution in [-0.4, -0.2) is 60.6 Å². The number of esters is 1. The predicted molar refractivity (Wildman–Crippen MR) is 157 cm³/mol. The van der Waals surface area contributed by atoms with Crippen LogP contribution in [0.25, 0.3) is 6.08 Å². The monoisotopic (exact) mass is 559 g/mol. The van der Waals surface area contributed by atoms with E-state index in [1.165, 1.54) is 12.0 Å². The van der Waals surface area contributed by atoms with Gasteiger partial charge in [-0.3, -0.25) is 14.4 Å². The molecular weight excluding hydrogens is 510 g/mol. The molecule has 0 heterocycles. The molecule has 0 fully saturated rings. The Balaban J connectivity index is 3.48. The summed E-state index contributed by atoms with van der Waals surface area (Å²) in [6.45, 7) is 14.8. The number of nitrogens with one attached hydrogen (secondary N) is 2. The summed E-state index contributed by atoms with van der Waals surface area (Å²) in [7, 11) is 1.24. The highest BCUT2D eigenvalue weighted by Gasteiger charge is 2.37. The SMILES string of the molecule is C=Cc1cccc(C(C(=O)NCC(=O)OC)N(CCCCCCCC)C(=O)C(NC(=O)OC(C)(C)C)C(C)C)c1. The maximum Gasteiger partial charge on any atom is 0.408 e. The van der Waals surface area contributed by atoms with Crippen molar-refractivity contribution < 1.29 is 28.7 Å². The van der Waals surface area contributed by atoms with Crippen molar-refractivity contribution in [3.8, 4) is 0 Å². The van der Waals surface area contributed by atoms with Crippen molar-refractivity contribution in [3.63, 3.8) is 0 Å². The Labute approximate surface area is 240 Å². The molecule has 2 unspecified atom stereocenters. The van der Waals surface area contributed by atoms with Crippen molar-refractivity contribution >= 4 is 30.0 Å². The fraction of sp³-hybridized carbons (Fsp3) is 0.613. The lowest BCUT2D eigenvalue weighted by molar-refractivity contribution is -0.145. The maximum atomic E-state index is 14.2. The Morgan fingerprint density at radius 2 is 1.70 bits per heavy atom. The summed E-state index contributed by atoms with van der Waals surface area (Å²) in [5.74, 6) is -1.82. The van der Waals surface area contributed by atoms with Gasteiger partial charge in [-0.05, 0) is 50.3 Å². The lowest BCUT2D eigenvalue weighted by atomic mass is 9.97. The minimum atomic E-state index is -1.05. The Kier molecular flexibility index (Phi) is 15.0. The van der Waals surface area contributed by atoms with Gasteiger partial charge in [0.1, 0.15) is 24.2 Å². The van der Waals surface area contributed by atoms with Crippen molar-refractivity contribution in [2.75, 3.05) is 20.2 Å². The Bertz CT molecular complexity index is 986. The zero-order valence-electron chi connectivity index (χ0n) is 25.4. The summed E-state index contributed by atoms with van der Waals surface area (Å²) < 4.78 is 10.1. The number of alkyl carbamates (subject to hydrolysis) is 1. The van der Waals surface area contributed by atoms with Gasteiger partial charge in [0.05, 0.1) is 7.11 Å². The Morgan fingerprint density at radius 1 is 1.05 bits per heavy atom. The number of amides is 3. The number of hydrogen-bond donors (Lipinski definition) is 2. The topological polar surface area (TPSA) is 114 Å². The Hall–Kier alpha value is -3.36. The minimum Gasteiger partial charge on any atom is -0.468 e. The predicted octanol–water partition coefficient (Wildman–Crippen LogP) is 5.40. The first-order chi connectivity index (χ1) is 18.8. The van der Waals surface area contributed by atoms with Crippen LogP contribution in [0.1, 0.15) is 97.2 Å². The highest BCUT2D eigenvalue weighted by atomic mass is 16.6. The molecule has 0 aliphatic heterocycles. The quantitative estimate of drug-likeness (QED) is 0.207. The standard InChI is InChI=1S/C31H49N3O6/c1-9-11-12-13-14-15-19-34(29(37)26(22(3)4)33-30(38)40-31(5,6)7)27(28(36)32-21-25(35)39-8)24-18-16-17-23(10-2)20-24/h10,16-18,20,22,26-27H,2,9,11-15,19,21H2,1,3-8H3,(H,32,36)(H,33,38). The van der Waals surface area contributed by atoms with Gasteiger partial charge in [0.2, 0.25) is 11.8 Å². The molecule has 0 saturated carbocycles. The molecule has 0 radical (unpaired) electrons. The zero-order valence-corrected chi connectivity index (χ0v) is 25.4. The lowest BCUT2D eigenvalue weighted by Crippen LogP contribution is -2.55. The van der Waals surface area contributed by atoms with E-state index in [0.717, 1.165) is 37.7 Å². The molecule has 0 bridgehead atoms. The second-order valence-corrected chi connectivity index (χ2v) is 11.2. The van der Waals surface area contributed by atoms with Gasteiger partial charge in [-0.15, -0.1) is 0 Å². The lowest BCUT2D eigenvalue weighted by Gasteiger charge is -2.35. The van der Waals surface area contributed by atoms with Crippen LogP contribution in [0, 0.1) is 5.92 Å². The number of methoxy groups -OCH3 is 1. The molecular formula is C31H49N3O6. The summed E-state index contributed by atoms with van der Waals surface area (Å²) in [5, 5.41) is 5.34. The van der Waals surface area contributed by atoms with Crippen LogP contribution in [0.15, 0.2) is 30.8 Å². The molecule has 1 aromatic rings. The number of unbranched alkanes of at least 4 members (excludes halogenated alkanes) is 5. The fourth-order valence-corrected chi connectivity index (χ4v) is 4.21. The van der Waals surface area contributed by atoms with Gasteiger partial charge in [0, 0.05) is 6.54 Å². The number of benzene rings is 1. The smallest absolute Gasteiger partial charge is 0.408 e. The normalized spacial score (nSPS) is 12.7. The first-order valence-electron chi connectivity index (χ1n) is 14.2. The van der Waals surface area contributed by atoms with Crippen molar-refractivity contribution in [1.82, 2.24) is 15.5 Å². The highest BCUT2D eigenvalue weighted by molar-refractivity contribution is 5.93. The van der Waals surface area contributed by atoms with Crippen LogP contribution in [0.4, 0.5) is 4.79 Å². The number of rotatable bonds is 16. The van der Waals surface area contributed by atoms with Crippen LogP contribution < -0.4 is 10.6 Å². The molecule has 9 heteroatoms. The third-order valence-electron chi connectivity index (χ3n) is 6.30. The van der Waals surface area contributed by atoms with Crippen LogP contribution in [-0.2, 0) is 23.9 Å². The largest absolute Gasteiger partial charge is 0.468 e. The molecule has 0 aliphatic carbocycles. The van der Waals surface area contributed by atoms with Crippen molar-refractivity contribution in [2.45, 2.75) is 97.8 Å². The Morgan fingerprint density at radius 3 is 2.27 bits per heavy atom. The zero-order chi connectivity index (χ0) is 30.3.